The Bertz CT molecular complexity index is 3350. The van der Waals surface area contributed by atoms with Crippen LogP contribution >= 0.6 is 11.8 Å². The van der Waals surface area contributed by atoms with Crippen molar-refractivity contribution in [3.8, 4) is 0 Å². The molecule has 6 fully saturated rings. The molecule has 4 aliphatic carbocycles. The Labute approximate surface area is 511 Å². The number of hydrogen-bond donors (Lipinski definition) is 4. The fraction of sp³-hybridized carbons (Fsp3) is 0.522. The maximum atomic E-state index is 13.7. The highest BCUT2D eigenvalue weighted by Crippen LogP contribution is 2.79. The van der Waals surface area contributed by atoms with Crippen LogP contribution in [0.25, 0.3) is 0 Å². The van der Waals surface area contributed by atoms with Crippen molar-refractivity contribution < 1.29 is 37.2 Å². The number of imide groups is 2. The third-order valence-electron chi connectivity index (χ3n) is 19.7. The lowest BCUT2D eigenvalue weighted by Crippen LogP contribution is -2.63. The second-order valence-corrected chi connectivity index (χ2v) is 29.0. The summed E-state index contributed by atoms with van der Waals surface area (Å²) in [5.74, 6) is -1.92. The maximum Gasteiger partial charge on any atom is 0.264 e. The van der Waals surface area contributed by atoms with Crippen LogP contribution in [0.2, 0.25) is 0 Å². The van der Waals surface area contributed by atoms with E-state index < -0.39 is 45.6 Å². The number of piperidine rings is 1. The van der Waals surface area contributed by atoms with Gasteiger partial charge >= 0.3 is 0 Å². The molecule has 458 valence electrons. The second kappa shape index (κ2) is 25.7. The summed E-state index contributed by atoms with van der Waals surface area (Å²) in [6.07, 6.45) is 12.9. The molecule has 6 amide bonds. The minimum atomic E-state index is -4.18. The SMILES string of the molecule is CCC12CC(C3=C(CN4CCN(c5ccc(C(=O)NS(=O)(=O)c6ccc(N[C@H](CCN7CCN(C(=O)CCCCCNc8cccc9c8C(=O)N(C8CCC(=O)NC8=O)C9=O)CC7)CSc7ccccc7)c(C)c6)cc5)CC4)CCC(C)(C)C3)(C1)C2. The molecule has 4 N–H and O–H groups in total. The topological polar surface area (TPSA) is 201 Å². The molecule has 0 spiro atoms. The van der Waals surface area contributed by atoms with E-state index in [4.69, 9.17) is 0 Å². The lowest BCUT2D eigenvalue weighted by Gasteiger charge is -2.73. The molecule has 0 radical (unpaired) electrons. The van der Waals surface area contributed by atoms with E-state index in [0.717, 1.165) is 104 Å². The molecule has 86 heavy (non-hydrogen) atoms. The first-order chi connectivity index (χ1) is 41.3. The van der Waals surface area contributed by atoms with E-state index >= 15 is 0 Å². The third kappa shape index (κ3) is 13.5. The van der Waals surface area contributed by atoms with Gasteiger partial charge in [-0.3, -0.25) is 48.8 Å². The Hall–Kier alpha value is -6.54. The van der Waals surface area contributed by atoms with Crippen LogP contribution < -0.4 is 25.6 Å². The highest BCUT2D eigenvalue weighted by Gasteiger charge is 2.68. The van der Waals surface area contributed by atoms with E-state index in [1.54, 1.807) is 65.9 Å². The highest BCUT2D eigenvalue weighted by atomic mass is 32.2. The van der Waals surface area contributed by atoms with Gasteiger partial charge in [-0.2, -0.15) is 0 Å². The van der Waals surface area contributed by atoms with Gasteiger partial charge in [0.05, 0.1) is 16.0 Å². The zero-order valence-electron chi connectivity index (χ0n) is 50.5. The van der Waals surface area contributed by atoms with Gasteiger partial charge in [-0.1, -0.05) is 69.0 Å². The standard InChI is InChI=1S/C67H85N9O8S2/c1-5-66-43-67(44-66,45-66)54-40-65(3,4)28-26-48(54)41-73-33-35-74(36-34-73)50-20-18-47(19-21-50)61(79)71-86(83,84)52-22-23-55(46(2)39-52)69-49(42-85-51-13-8-6-9-14-51)27-30-72-31-37-75(38-32-72)59(78)17-10-7-11-29-68-56-16-12-15-53-60(56)64(82)76(63(53)81)57-24-25-58(77)70-62(57)80/h6,8-9,12-16,18-23,39,49,57,68-69H,5,7,10-11,17,24-38,40-45H2,1-4H3,(H,71,79)(H,70,77,80)/t49-,57?,66?,67?/m1/s1. The summed E-state index contributed by atoms with van der Waals surface area (Å²) < 4.78 is 29.8. The number of rotatable bonds is 24. The third-order valence-corrected chi connectivity index (χ3v) is 22.2. The van der Waals surface area contributed by atoms with Crippen molar-refractivity contribution in [2.75, 3.05) is 93.3 Å². The predicted molar refractivity (Wildman–Crippen MR) is 337 cm³/mol. The molecule has 1 unspecified atom stereocenters. The number of fused-ring (bicyclic) bond motifs is 1. The number of carbonyl (C=O) groups is 6. The van der Waals surface area contributed by atoms with Gasteiger partial charge in [0.1, 0.15) is 6.04 Å². The Balaban J connectivity index is 0.614. The second-order valence-electron chi connectivity index (χ2n) is 26.2. The number of hydrogen-bond acceptors (Lipinski definition) is 14. The van der Waals surface area contributed by atoms with Crippen LogP contribution in [0.1, 0.15) is 147 Å². The lowest BCUT2D eigenvalue weighted by atomic mass is 9.31. The Morgan fingerprint density at radius 3 is 2.23 bits per heavy atom. The number of carbonyl (C=O) groups excluding carboxylic acids is 6. The van der Waals surface area contributed by atoms with Crippen molar-refractivity contribution in [3.05, 3.63) is 124 Å². The summed E-state index contributed by atoms with van der Waals surface area (Å²) in [4.78, 5) is 89.2. The van der Waals surface area contributed by atoms with E-state index in [9.17, 15) is 37.2 Å². The van der Waals surface area contributed by atoms with Crippen LogP contribution in [0, 0.1) is 23.2 Å². The number of thioether (sulfide) groups is 1. The average Bonchev–Trinajstić information content (AvgIpc) is 0.793. The molecule has 4 heterocycles. The molecule has 19 heteroatoms. The normalized spacial score (nSPS) is 23.5. The van der Waals surface area contributed by atoms with E-state index in [0.29, 0.717) is 54.4 Å². The molecule has 3 saturated heterocycles. The number of amides is 6. The van der Waals surface area contributed by atoms with Crippen molar-refractivity contribution >= 4 is 74.3 Å². The summed E-state index contributed by atoms with van der Waals surface area (Å²) in [6.45, 7) is 18.2. The molecule has 4 aromatic carbocycles. The first-order valence-corrected chi connectivity index (χ1v) is 33.8. The number of allylic oxidation sites excluding steroid dienone is 1. The monoisotopic (exact) mass is 1210 g/mol. The fourth-order valence-corrected chi connectivity index (χ4v) is 16.6. The van der Waals surface area contributed by atoms with Gasteiger partial charge in [0.2, 0.25) is 17.7 Å². The zero-order valence-corrected chi connectivity index (χ0v) is 52.2. The van der Waals surface area contributed by atoms with Crippen molar-refractivity contribution in [1.29, 1.82) is 0 Å². The van der Waals surface area contributed by atoms with Gasteiger partial charge in [0.15, 0.2) is 0 Å². The van der Waals surface area contributed by atoms with Crippen LogP contribution in [0.15, 0.2) is 112 Å². The van der Waals surface area contributed by atoms with E-state index in [1.165, 1.54) is 44.9 Å². The zero-order chi connectivity index (χ0) is 60.4. The van der Waals surface area contributed by atoms with Crippen molar-refractivity contribution in [2.24, 2.45) is 16.2 Å². The average molecular weight is 1210 g/mol. The molecular formula is C67H85N9O8S2. The fourth-order valence-electron chi connectivity index (χ4n) is 14.5. The van der Waals surface area contributed by atoms with E-state index in [2.05, 4.69) is 68.3 Å². The van der Waals surface area contributed by atoms with Crippen LogP contribution in [0.4, 0.5) is 17.1 Å². The van der Waals surface area contributed by atoms with Crippen LogP contribution in [0.5, 0.6) is 0 Å². The summed E-state index contributed by atoms with van der Waals surface area (Å²) in [6, 6.07) is 26.5. The minimum absolute atomic E-state index is 0.0176. The Kier molecular flexibility index (Phi) is 18.2. The first kappa shape index (κ1) is 61.1. The molecule has 4 aromatic rings. The Morgan fingerprint density at radius 2 is 1.52 bits per heavy atom. The molecule has 17 nitrogen and oxygen atoms in total. The smallest absolute Gasteiger partial charge is 0.264 e. The quantitative estimate of drug-likeness (QED) is 0.0224. The largest absolute Gasteiger partial charge is 0.384 e. The number of nitrogens with one attached hydrogen (secondary N) is 4. The highest BCUT2D eigenvalue weighted by molar-refractivity contribution is 7.99. The molecule has 2 bridgehead atoms. The molecule has 8 aliphatic rings. The number of aryl methyl sites for hydroxylation is 1. The van der Waals surface area contributed by atoms with Gasteiger partial charge in [0.25, 0.3) is 27.7 Å². The number of nitrogens with zero attached hydrogens (tertiary/aromatic N) is 5. The van der Waals surface area contributed by atoms with Crippen molar-refractivity contribution in [3.63, 3.8) is 0 Å². The van der Waals surface area contributed by atoms with Gasteiger partial charge in [-0.25, -0.2) is 13.1 Å². The summed E-state index contributed by atoms with van der Waals surface area (Å²) >= 11 is 1.76. The minimum Gasteiger partial charge on any atom is -0.384 e. The molecule has 0 aromatic heterocycles. The van der Waals surface area contributed by atoms with Gasteiger partial charge in [0, 0.05) is 124 Å². The number of piperazine rings is 2. The van der Waals surface area contributed by atoms with Gasteiger partial charge in [-0.05, 0) is 160 Å². The number of benzene rings is 4. The Morgan fingerprint density at radius 1 is 0.791 bits per heavy atom. The molecule has 3 saturated carbocycles. The number of unbranched alkanes of at least 4 members (excludes halogenated alkanes) is 2. The van der Waals surface area contributed by atoms with Crippen LogP contribution in [-0.2, 0) is 24.4 Å². The predicted octanol–water partition coefficient (Wildman–Crippen LogP) is 9.50. The molecule has 4 aliphatic heterocycles. The van der Waals surface area contributed by atoms with E-state index in [1.807, 2.05) is 47.7 Å². The van der Waals surface area contributed by atoms with Crippen molar-refractivity contribution in [1.82, 2.24) is 29.6 Å². The summed E-state index contributed by atoms with van der Waals surface area (Å²) in [7, 11) is -4.18. The maximum absolute atomic E-state index is 13.7. The van der Waals surface area contributed by atoms with Crippen LogP contribution in [-0.4, -0.2) is 153 Å². The van der Waals surface area contributed by atoms with Crippen molar-refractivity contribution in [2.45, 2.75) is 139 Å². The summed E-state index contributed by atoms with van der Waals surface area (Å²) in [5, 5.41) is 9.24. The molecule has 2 atom stereocenters. The summed E-state index contributed by atoms with van der Waals surface area (Å²) in [5.41, 5.74) is 8.92. The molecule has 12 rings (SSSR count). The lowest BCUT2D eigenvalue weighted by molar-refractivity contribution is -0.182. The van der Waals surface area contributed by atoms with Gasteiger partial charge < -0.3 is 20.4 Å². The first-order valence-electron chi connectivity index (χ1n) is 31.3. The van der Waals surface area contributed by atoms with Crippen LogP contribution in [0.3, 0.4) is 0 Å². The molecular weight excluding hydrogens is 1120 g/mol. The number of anilines is 3. The van der Waals surface area contributed by atoms with E-state index in [-0.39, 0.29) is 46.4 Å². The van der Waals surface area contributed by atoms with Gasteiger partial charge in [-0.15, -0.1) is 11.8 Å². The number of sulfonamides is 1.